The third-order valence-electron chi connectivity index (χ3n) is 1.75. The van der Waals surface area contributed by atoms with Crippen molar-refractivity contribution in [3.8, 4) is 0 Å². The van der Waals surface area contributed by atoms with Crippen LogP contribution < -0.4 is 0 Å². The molecule has 1 rings (SSSR count). The topological polar surface area (TPSA) is 55.1 Å². The van der Waals surface area contributed by atoms with Crippen molar-refractivity contribution in [3.63, 3.8) is 0 Å². The zero-order chi connectivity index (χ0) is 10.9. The van der Waals surface area contributed by atoms with Gasteiger partial charge in [-0.2, -0.15) is 13.9 Å². The van der Waals surface area contributed by atoms with Gasteiger partial charge in [-0.3, -0.25) is 4.68 Å². The zero-order valence-electron chi connectivity index (χ0n) is 7.74. The molecule has 1 aromatic rings. The molecule has 6 heteroatoms. The largest absolute Gasteiger partial charge is 0.476 e. The van der Waals surface area contributed by atoms with Gasteiger partial charge in [0.2, 0.25) is 0 Å². The second-order valence-electron chi connectivity index (χ2n) is 3.13. The highest BCUT2D eigenvalue weighted by atomic mass is 19.3. The number of hydrogen-bond donors (Lipinski definition) is 1. The van der Waals surface area contributed by atoms with Gasteiger partial charge in [-0.05, 0) is 19.9 Å². The van der Waals surface area contributed by atoms with Gasteiger partial charge in [0.15, 0.2) is 0 Å². The summed E-state index contributed by atoms with van der Waals surface area (Å²) in [5.41, 5.74) is -0.597. The Hall–Kier alpha value is -1.46. The molecule has 0 bridgehead atoms. The Morgan fingerprint density at radius 2 is 2.21 bits per heavy atom. The molecule has 1 aromatic heterocycles. The van der Waals surface area contributed by atoms with Gasteiger partial charge in [-0.15, -0.1) is 0 Å². The number of carbonyl (C=O) groups is 1. The number of aromatic nitrogens is 2. The standard InChI is InChI=1S/C8H10F2N2O2/c1-5(2)12-6(3-4-11-12)8(9,10)7(13)14/h3-5H,1-2H3,(H,13,14). The third-order valence-corrected chi connectivity index (χ3v) is 1.75. The lowest BCUT2D eigenvalue weighted by Crippen LogP contribution is -2.29. The van der Waals surface area contributed by atoms with E-state index in [1.165, 1.54) is 0 Å². The fraction of sp³-hybridized carbons (Fsp3) is 0.500. The van der Waals surface area contributed by atoms with Crippen LogP contribution in [0.3, 0.4) is 0 Å². The summed E-state index contributed by atoms with van der Waals surface area (Å²) in [6.07, 6.45) is 1.16. The molecule has 0 saturated carbocycles. The molecule has 0 fully saturated rings. The van der Waals surface area contributed by atoms with Crippen LogP contribution in [0.5, 0.6) is 0 Å². The maximum atomic E-state index is 13.1. The second kappa shape index (κ2) is 3.36. The molecule has 14 heavy (non-hydrogen) atoms. The van der Waals surface area contributed by atoms with Crippen LogP contribution in [-0.2, 0) is 10.7 Å². The van der Waals surface area contributed by atoms with E-state index in [2.05, 4.69) is 5.10 Å². The van der Waals surface area contributed by atoms with E-state index in [1.807, 2.05) is 0 Å². The molecule has 0 amide bonds. The quantitative estimate of drug-likeness (QED) is 0.814. The van der Waals surface area contributed by atoms with Crippen LogP contribution in [0.25, 0.3) is 0 Å². The molecule has 0 radical (unpaired) electrons. The van der Waals surface area contributed by atoms with Crippen molar-refractivity contribution in [1.82, 2.24) is 9.78 Å². The highest BCUT2D eigenvalue weighted by Gasteiger charge is 2.44. The Bertz CT molecular complexity index is 347. The lowest BCUT2D eigenvalue weighted by Gasteiger charge is -2.15. The first kappa shape index (κ1) is 10.6. The Morgan fingerprint density at radius 1 is 1.64 bits per heavy atom. The molecule has 4 nitrogen and oxygen atoms in total. The average Bonchev–Trinajstić information content (AvgIpc) is 2.51. The highest BCUT2D eigenvalue weighted by Crippen LogP contribution is 2.29. The summed E-state index contributed by atoms with van der Waals surface area (Å²) in [4.78, 5) is 10.3. The van der Waals surface area contributed by atoms with E-state index in [1.54, 1.807) is 13.8 Å². The number of rotatable bonds is 3. The SMILES string of the molecule is CC(C)n1nccc1C(F)(F)C(=O)O. The van der Waals surface area contributed by atoms with Crippen LogP contribution >= 0.6 is 0 Å². The lowest BCUT2D eigenvalue weighted by atomic mass is 10.2. The molecular formula is C8H10F2N2O2. The van der Waals surface area contributed by atoms with Crippen molar-refractivity contribution < 1.29 is 18.7 Å². The predicted octanol–water partition coefficient (Wildman–Crippen LogP) is 1.64. The van der Waals surface area contributed by atoms with Gasteiger partial charge in [-0.25, -0.2) is 4.79 Å². The van der Waals surface area contributed by atoms with E-state index < -0.39 is 17.6 Å². The van der Waals surface area contributed by atoms with Crippen LogP contribution in [0.15, 0.2) is 12.3 Å². The monoisotopic (exact) mass is 204 g/mol. The van der Waals surface area contributed by atoms with Crippen LogP contribution in [0.4, 0.5) is 8.78 Å². The molecule has 0 spiro atoms. The van der Waals surface area contributed by atoms with Gasteiger partial charge in [0.05, 0.1) is 0 Å². The molecule has 78 valence electrons. The molecule has 1 N–H and O–H groups in total. The van der Waals surface area contributed by atoms with Gasteiger partial charge in [0.25, 0.3) is 0 Å². The Kier molecular flexibility index (Phi) is 2.55. The Morgan fingerprint density at radius 3 is 2.64 bits per heavy atom. The summed E-state index contributed by atoms with van der Waals surface area (Å²) in [6, 6.07) is 0.707. The van der Waals surface area contributed by atoms with Crippen molar-refractivity contribution in [2.75, 3.05) is 0 Å². The van der Waals surface area contributed by atoms with Crippen LogP contribution in [-0.4, -0.2) is 20.9 Å². The van der Waals surface area contributed by atoms with Crippen molar-refractivity contribution in [2.45, 2.75) is 25.8 Å². The summed E-state index contributed by atoms with van der Waals surface area (Å²) in [7, 11) is 0. The number of alkyl halides is 2. The van der Waals surface area contributed by atoms with Crippen molar-refractivity contribution in [2.24, 2.45) is 0 Å². The molecule has 0 aliphatic carbocycles. The van der Waals surface area contributed by atoms with Crippen molar-refractivity contribution in [3.05, 3.63) is 18.0 Å². The van der Waals surface area contributed by atoms with Crippen LogP contribution in [0.2, 0.25) is 0 Å². The first-order valence-electron chi connectivity index (χ1n) is 4.02. The molecule has 0 aliphatic rings. The normalized spacial score (nSPS) is 12.1. The second-order valence-corrected chi connectivity index (χ2v) is 3.13. The molecule has 0 saturated heterocycles. The lowest BCUT2D eigenvalue weighted by molar-refractivity contribution is -0.167. The van der Waals surface area contributed by atoms with E-state index in [0.717, 1.165) is 16.9 Å². The van der Waals surface area contributed by atoms with Gasteiger partial charge in [-0.1, -0.05) is 0 Å². The molecule has 0 unspecified atom stereocenters. The summed E-state index contributed by atoms with van der Waals surface area (Å²) >= 11 is 0. The fourth-order valence-corrected chi connectivity index (χ4v) is 1.08. The number of hydrogen-bond acceptors (Lipinski definition) is 2. The van der Waals surface area contributed by atoms with Crippen LogP contribution in [0, 0.1) is 0 Å². The third kappa shape index (κ3) is 1.59. The predicted molar refractivity (Wildman–Crippen MR) is 44.1 cm³/mol. The Labute approximate surface area is 79.2 Å². The van der Waals surface area contributed by atoms with Gasteiger partial charge >= 0.3 is 11.9 Å². The minimum Gasteiger partial charge on any atom is -0.476 e. The summed E-state index contributed by atoms with van der Waals surface area (Å²) in [5.74, 6) is -6.05. The minimum atomic E-state index is -3.89. The van der Waals surface area contributed by atoms with Gasteiger partial charge in [0, 0.05) is 12.2 Å². The van der Waals surface area contributed by atoms with Gasteiger partial charge in [0.1, 0.15) is 5.69 Å². The van der Waals surface area contributed by atoms with E-state index in [-0.39, 0.29) is 6.04 Å². The van der Waals surface area contributed by atoms with E-state index >= 15 is 0 Å². The van der Waals surface area contributed by atoms with E-state index in [4.69, 9.17) is 5.11 Å². The fourth-order valence-electron chi connectivity index (χ4n) is 1.08. The van der Waals surface area contributed by atoms with E-state index in [9.17, 15) is 13.6 Å². The van der Waals surface area contributed by atoms with Crippen molar-refractivity contribution >= 4 is 5.97 Å². The van der Waals surface area contributed by atoms with Gasteiger partial charge < -0.3 is 5.11 Å². The van der Waals surface area contributed by atoms with Crippen LogP contribution in [0.1, 0.15) is 25.6 Å². The Balaban J connectivity index is 3.18. The highest BCUT2D eigenvalue weighted by molar-refractivity contribution is 5.76. The molecule has 0 atom stereocenters. The maximum absolute atomic E-state index is 13.1. The summed E-state index contributed by atoms with van der Waals surface area (Å²) in [5, 5.41) is 12.0. The number of halogens is 2. The first-order chi connectivity index (χ1) is 6.37. The summed E-state index contributed by atoms with van der Waals surface area (Å²) < 4.78 is 27.1. The molecule has 0 aliphatic heterocycles. The van der Waals surface area contributed by atoms with E-state index in [0.29, 0.717) is 0 Å². The number of carboxylic acids is 1. The number of aliphatic carboxylic acids is 1. The minimum absolute atomic E-state index is 0.301. The van der Waals surface area contributed by atoms with Crippen molar-refractivity contribution in [1.29, 1.82) is 0 Å². The number of nitrogens with zero attached hydrogens (tertiary/aromatic N) is 2. The first-order valence-corrected chi connectivity index (χ1v) is 4.02. The maximum Gasteiger partial charge on any atom is 0.383 e. The smallest absolute Gasteiger partial charge is 0.383 e. The zero-order valence-corrected chi connectivity index (χ0v) is 7.74. The average molecular weight is 204 g/mol. The molecule has 1 heterocycles. The molecule has 0 aromatic carbocycles. The molecular weight excluding hydrogens is 194 g/mol. The number of carboxylic acid groups (broad SMARTS) is 1. The summed E-state index contributed by atoms with van der Waals surface area (Å²) in [6.45, 7) is 3.29.